The van der Waals surface area contributed by atoms with Crippen LogP contribution in [-0.4, -0.2) is 26.8 Å². The predicted octanol–water partition coefficient (Wildman–Crippen LogP) is 1.77. The quantitative estimate of drug-likeness (QED) is 0.702. The van der Waals surface area contributed by atoms with Gasteiger partial charge in [0.2, 0.25) is 0 Å². The van der Waals surface area contributed by atoms with Gasteiger partial charge in [-0.2, -0.15) is 4.98 Å². The lowest BCUT2D eigenvalue weighted by Crippen LogP contribution is -1.89. The molecule has 2 aromatic heterocycles. The zero-order valence-corrected chi connectivity index (χ0v) is 10.1. The SMILES string of the molecule is COCc1noc(-c2ccc3c(c2)ncn3C)n1. The lowest BCUT2D eigenvalue weighted by atomic mass is 10.2. The molecule has 92 valence electrons. The minimum absolute atomic E-state index is 0.343. The van der Waals surface area contributed by atoms with E-state index in [1.165, 1.54) is 0 Å². The fraction of sp³-hybridized carbons (Fsp3) is 0.250. The van der Waals surface area contributed by atoms with Gasteiger partial charge in [0.1, 0.15) is 6.61 Å². The van der Waals surface area contributed by atoms with Gasteiger partial charge in [-0.25, -0.2) is 4.98 Å². The number of benzene rings is 1. The van der Waals surface area contributed by atoms with E-state index >= 15 is 0 Å². The third kappa shape index (κ3) is 1.76. The molecule has 0 aliphatic heterocycles. The van der Waals surface area contributed by atoms with Crippen molar-refractivity contribution < 1.29 is 9.26 Å². The van der Waals surface area contributed by atoms with Crippen molar-refractivity contribution >= 4 is 11.0 Å². The highest BCUT2D eigenvalue weighted by molar-refractivity contribution is 5.80. The van der Waals surface area contributed by atoms with Gasteiger partial charge in [0.15, 0.2) is 5.82 Å². The summed E-state index contributed by atoms with van der Waals surface area (Å²) in [7, 11) is 3.55. The molecule has 0 aliphatic carbocycles. The summed E-state index contributed by atoms with van der Waals surface area (Å²) in [6.45, 7) is 0.343. The van der Waals surface area contributed by atoms with Gasteiger partial charge < -0.3 is 13.8 Å². The molecule has 0 bridgehead atoms. The molecule has 0 radical (unpaired) electrons. The maximum atomic E-state index is 5.18. The molecule has 0 amide bonds. The number of hydrogen-bond donors (Lipinski definition) is 0. The average molecular weight is 244 g/mol. The van der Waals surface area contributed by atoms with Crippen molar-refractivity contribution in [1.29, 1.82) is 0 Å². The summed E-state index contributed by atoms with van der Waals surface area (Å²) < 4.78 is 12.1. The van der Waals surface area contributed by atoms with Gasteiger partial charge in [-0.05, 0) is 18.2 Å². The zero-order valence-electron chi connectivity index (χ0n) is 10.1. The van der Waals surface area contributed by atoms with Crippen molar-refractivity contribution in [2.45, 2.75) is 6.61 Å². The number of rotatable bonds is 3. The van der Waals surface area contributed by atoms with Gasteiger partial charge in [-0.1, -0.05) is 5.16 Å². The van der Waals surface area contributed by atoms with E-state index in [0.717, 1.165) is 16.6 Å². The molecule has 0 fully saturated rings. The van der Waals surface area contributed by atoms with E-state index in [0.29, 0.717) is 18.3 Å². The smallest absolute Gasteiger partial charge is 0.258 e. The number of imidazole rings is 1. The molecule has 6 heteroatoms. The molecule has 0 aliphatic rings. The second-order valence-electron chi connectivity index (χ2n) is 4.01. The molecular formula is C12H12N4O2. The number of nitrogens with zero attached hydrogens (tertiary/aromatic N) is 4. The van der Waals surface area contributed by atoms with Gasteiger partial charge >= 0.3 is 0 Å². The first kappa shape index (κ1) is 10.9. The Morgan fingerprint density at radius 3 is 3.11 bits per heavy atom. The molecule has 0 N–H and O–H groups in total. The van der Waals surface area contributed by atoms with Gasteiger partial charge in [-0.3, -0.25) is 0 Å². The topological polar surface area (TPSA) is 66.0 Å². The van der Waals surface area contributed by atoms with Crippen LogP contribution in [0.2, 0.25) is 0 Å². The highest BCUT2D eigenvalue weighted by Crippen LogP contribution is 2.22. The van der Waals surface area contributed by atoms with Crippen LogP contribution in [0, 0.1) is 0 Å². The molecule has 18 heavy (non-hydrogen) atoms. The molecule has 0 saturated carbocycles. The first-order chi connectivity index (χ1) is 8.78. The summed E-state index contributed by atoms with van der Waals surface area (Å²) in [5, 5.41) is 3.83. The summed E-state index contributed by atoms with van der Waals surface area (Å²) in [5.74, 6) is 1.02. The van der Waals surface area contributed by atoms with Gasteiger partial charge in [0.25, 0.3) is 5.89 Å². The highest BCUT2D eigenvalue weighted by Gasteiger charge is 2.10. The van der Waals surface area contributed by atoms with E-state index < -0.39 is 0 Å². The Bertz CT molecular complexity index is 686. The molecule has 1 aromatic carbocycles. The molecule has 0 spiro atoms. The fourth-order valence-electron chi connectivity index (χ4n) is 1.83. The maximum Gasteiger partial charge on any atom is 0.258 e. The minimum atomic E-state index is 0.343. The summed E-state index contributed by atoms with van der Waals surface area (Å²) in [4.78, 5) is 8.54. The summed E-state index contributed by atoms with van der Waals surface area (Å²) in [6.07, 6.45) is 1.78. The second kappa shape index (κ2) is 4.23. The number of fused-ring (bicyclic) bond motifs is 1. The van der Waals surface area contributed by atoms with E-state index in [2.05, 4.69) is 15.1 Å². The third-order valence-corrected chi connectivity index (χ3v) is 2.71. The molecule has 6 nitrogen and oxygen atoms in total. The van der Waals surface area contributed by atoms with E-state index in [-0.39, 0.29) is 0 Å². The Morgan fingerprint density at radius 1 is 1.39 bits per heavy atom. The molecule has 3 rings (SSSR count). The molecule has 0 atom stereocenters. The molecule has 0 saturated heterocycles. The summed E-state index contributed by atoms with van der Waals surface area (Å²) in [5.41, 5.74) is 2.83. The first-order valence-corrected chi connectivity index (χ1v) is 5.51. The van der Waals surface area contributed by atoms with Gasteiger partial charge in [0, 0.05) is 19.7 Å². The number of aryl methyl sites for hydroxylation is 1. The zero-order chi connectivity index (χ0) is 12.5. The Morgan fingerprint density at radius 2 is 2.28 bits per heavy atom. The van der Waals surface area contributed by atoms with Crippen LogP contribution in [0.3, 0.4) is 0 Å². The standard InChI is InChI=1S/C12H12N4O2/c1-16-7-13-9-5-8(3-4-10(9)16)12-14-11(6-17-2)15-18-12/h3-5,7H,6H2,1-2H3. The van der Waals surface area contributed by atoms with Crippen molar-refractivity contribution in [3.05, 3.63) is 30.4 Å². The number of aromatic nitrogens is 4. The van der Waals surface area contributed by atoms with Crippen LogP contribution in [0.15, 0.2) is 29.0 Å². The van der Waals surface area contributed by atoms with Crippen molar-refractivity contribution in [3.8, 4) is 11.5 Å². The number of hydrogen-bond acceptors (Lipinski definition) is 5. The monoisotopic (exact) mass is 244 g/mol. The van der Waals surface area contributed by atoms with Crippen LogP contribution >= 0.6 is 0 Å². The largest absolute Gasteiger partial charge is 0.377 e. The lowest BCUT2D eigenvalue weighted by molar-refractivity contribution is 0.174. The maximum absolute atomic E-state index is 5.18. The van der Waals surface area contributed by atoms with E-state index in [9.17, 15) is 0 Å². The van der Waals surface area contributed by atoms with Crippen LogP contribution in [-0.2, 0) is 18.4 Å². The van der Waals surface area contributed by atoms with Crippen molar-refractivity contribution in [3.63, 3.8) is 0 Å². The van der Waals surface area contributed by atoms with Gasteiger partial charge in [0.05, 0.1) is 17.4 Å². The van der Waals surface area contributed by atoms with Crippen LogP contribution in [0.1, 0.15) is 5.82 Å². The lowest BCUT2D eigenvalue weighted by Gasteiger charge is -1.96. The fourth-order valence-corrected chi connectivity index (χ4v) is 1.83. The molecule has 0 unspecified atom stereocenters. The minimum Gasteiger partial charge on any atom is -0.377 e. The van der Waals surface area contributed by atoms with Crippen LogP contribution in [0.25, 0.3) is 22.5 Å². The Kier molecular flexibility index (Phi) is 2.56. The van der Waals surface area contributed by atoms with E-state index in [1.54, 1.807) is 13.4 Å². The Balaban J connectivity index is 2.02. The molecular weight excluding hydrogens is 232 g/mol. The predicted molar refractivity (Wildman–Crippen MR) is 64.7 cm³/mol. The van der Waals surface area contributed by atoms with Crippen molar-refractivity contribution in [2.24, 2.45) is 7.05 Å². The van der Waals surface area contributed by atoms with Crippen LogP contribution in [0.5, 0.6) is 0 Å². The molecule has 2 heterocycles. The van der Waals surface area contributed by atoms with Crippen molar-refractivity contribution in [1.82, 2.24) is 19.7 Å². The highest BCUT2D eigenvalue weighted by atomic mass is 16.5. The van der Waals surface area contributed by atoms with Crippen LogP contribution in [0.4, 0.5) is 0 Å². The number of methoxy groups -OCH3 is 1. The van der Waals surface area contributed by atoms with Crippen LogP contribution < -0.4 is 0 Å². The molecule has 3 aromatic rings. The van der Waals surface area contributed by atoms with Gasteiger partial charge in [-0.15, -0.1) is 0 Å². The van der Waals surface area contributed by atoms with E-state index in [1.807, 2.05) is 29.8 Å². The van der Waals surface area contributed by atoms with E-state index in [4.69, 9.17) is 9.26 Å². The number of ether oxygens (including phenoxy) is 1. The Labute approximate surface area is 103 Å². The first-order valence-electron chi connectivity index (χ1n) is 5.51. The average Bonchev–Trinajstić information content (AvgIpc) is 2.97. The van der Waals surface area contributed by atoms with Crippen molar-refractivity contribution in [2.75, 3.05) is 7.11 Å². The Hall–Kier alpha value is -2.21. The summed E-state index contributed by atoms with van der Waals surface area (Å²) >= 11 is 0. The second-order valence-corrected chi connectivity index (χ2v) is 4.01. The summed E-state index contributed by atoms with van der Waals surface area (Å²) in [6, 6.07) is 5.85. The normalized spacial score (nSPS) is 11.2. The third-order valence-electron chi connectivity index (χ3n) is 2.71.